The van der Waals surface area contributed by atoms with Crippen LogP contribution in [-0.2, 0) is 19.6 Å². The number of hydrogen-bond acceptors (Lipinski definition) is 6. The molecule has 0 unspecified atom stereocenters. The number of amides is 1. The minimum absolute atomic E-state index is 0.0274. The monoisotopic (exact) mass is 446 g/mol. The third-order valence-electron chi connectivity index (χ3n) is 5.49. The third-order valence-corrected chi connectivity index (χ3v) is 7.43. The fourth-order valence-electron chi connectivity index (χ4n) is 4.36. The van der Waals surface area contributed by atoms with Crippen LogP contribution in [0, 0.1) is 11.8 Å². The lowest BCUT2D eigenvalue weighted by atomic mass is 9.80. The summed E-state index contributed by atoms with van der Waals surface area (Å²) in [6, 6.07) is -0.232. The molecule has 0 spiro atoms. The zero-order chi connectivity index (χ0) is 21.7. The minimum Gasteiger partial charge on any atom is -0.477 e. The van der Waals surface area contributed by atoms with Crippen molar-refractivity contribution in [1.29, 1.82) is 0 Å². The number of carbonyl (C=O) groups excluding carboxylic acids is 1. The van der Waals surface area contributed by atoms with Gasteiger partial charge in [0.25, 0.3) is 10.0 Å². The molecule has 162 valence electrons. The zero-order valence-electron chi connectivity index (χ0n) is 16.8. The van der Waals surface area contributed by atoms with E-state index in [0.29, 0.717) is 30.4 Å². The van der Waals surface area contributed by atoms with Crippen molar-refractivity contribution in [3.05, 3.63) is 10.6 Å². The van der Waals surface area contributed by atoms with Crippen LogP contribution in [0.25, 0.3) is 0 Å². The van der Waals surface area contributed by atoms with Crippen LogP contribution in [0.2, 0.25) is 0 Å². The average molecular weight is 447 g/mol. The lowest BCUT2D eigenvalue weighted by molar-refractivity contribution is -0.157. The molecule has 0 radical (unpaired) electrons. The molecule has 0 aliphatic carbocycles. The van der Waals surface area contributed by atoms with Gasteiger partial charge in [0.15, 0.2) is 0 Å². The van der Waals surface area contributed by atoms with Gasteiger partial charge in [-0.2, -0.15) is 0 Å². The number of aliphatic hydroxyl groups excluding tert-OH is 1. The molecule has 3 aliphatic heterocycles. The largest absolute Gasteiger partial charge is 0.477 e. The van der Waals surface area contributed by atoms with Crippen molar-refractivity contribution < 1.29 is 28.2 Å². The van der Waals surface area contributed by atoms with Gasteiger partial charge in [-0.05, 0) is 6.42 Å². The minimum atomic E-state index is -3.54. The highest BCUT2D eigenvalue weighted by atomic mass is 32.2. The summed E-state index contributed by atoms with van der Waals surface area (Å²) in [4.78, 5) is 29.8. The first kappa shape index (κ1) is 21.9. The molecular weight excluding hydrogens is 420 g/mol. The van der Waals surface area contributed by atoms with E-state index in [1.807, 2.05) is 6.92 Å². The molecule has 3 heterocycles. The van der Waals surface area contributed by atoms with Gasteiger partial charge in [-0.25, -0.2) is 13.2 Å². The summed E-state index contributed by atoms with van der Waals surface area (Å²) in [5.41, 5.74) is 0.0348. The Morgan fingerprint density at radius 2 is 1.86 bits per heavy atom. The predicted octanol–water partition coefficient (Wildman–Crippen LogP) is -0.564. The maximum Gasteiger partial charge on any atom is 0.353 e. The second kappa shape index (κ2) is 7.80. The topological polar surface area (TPSA) is 131 Å². The summed E-state index contributed by atoms with van der Waals surface area (Å²) >= 11 is 1.42. The van der Waals surface area contributed by atoms with E-state index in [1.165, 1.54) is 16.7 Å². The van der Waals surface area contributed by atoms with E-state index >= 15 is 0 Å². The van der Waals surface area contributed by atoms with Gasteiger partial charge in [-0.15, -0.1) is 16.2 Å². The lowest BCUT2D eigenvalue weighted by Crippen LogP contribution is -2.60. The first-order valence-electron chi connectivity index (χ1n) is 9.26. The van der Waals surface area contributed by atoms with E-state index in [-0.39, 0.29) is 41.3 Å². The van der Waals surface area contributed by atoms with Crippen LogP contribution in [0.4, 0.5) is 0 Å². The number of hydrogen-bond donors (Lipinski definition) is 2. The van der Waals surface area contributed by atoms with Gasteiger partial charge in [0, 0.05) is 49.9 Å². The van der Waals surface area contributed by atoms with E-state index in [9.17, 15) is 28.2 Å². The van der Waals surface area contributed by atoms with Gasteiger partial charge in [-0.3, -0.25) is 4.79 Å². The number of guanidine groups is 1. The normalized spacial score (nSPS) is 29.9. The quantitative estimate of drug-likeness (QED) is 0.515. The van der Waals surface area contributed by atoms with Crippen LogP contribution in [0.3, 0.4) is 0 Å². The van der Waals surface area contributed by atoms with Gasteiger partial charge >= 0.3 is 5.97 Å². The predicted molar refractivity (Wildman–Crippen MR) is 109 cm³/mol. The zero-order valence-corrected chi connectivity index (χ0v) is 18.4. The van der Waals surface area contributed by atoms with Gasteiger partial charge in [0.1, 0.15) is 5.70 Å². The summed E-state index contributed by atoms with van der Waals surface area (Å²) in [6.45, 7) is 2.79. The molecule has 0 aromatic rings. The van der Waals surface area contributed by atoms with Crippen LogP contribution < -0.4 is 0 Å². The van der Waals surface area contributed by atoms with Crippen molar-refractivity contribution >= 4 is 39.6 Å². The van der Waals surface area contributed by atoms with Crippen molar-refractivity contribution in [3.63, 3.8) is 0 Å². The Labute approximate surface area is 174 Å². The first-order chi connectivity index (χ1) is 13.5. The maximum absolute atomic E-state index is 12.4. The molecule has 3 atom stereocenters. The van der Waals surface area contributed by atoms with E-state index in [1.54, 1.807) is 23.9 Å². The number of carboxylic acids is 1. The average Bonchev–Trinajstić information content (AvgIpc) is 2.85. The molecule has 2 N–H and O–H groups in total. The Balaban J connectivity index is 1.82. The van der Waals surface area contributed by atoms with Crippen molar-refractivity contribution in [1.82, 2.24) is 14.7 Å². The number of fused-ring (bicyclic) bond motifs is 1. The second-order valence-electron chi connectivity index (χ2n) is 7.75. The number of sulfonamides is 1. The number of aliphatic carboxylic acids is 1. The number of nitrogens with zero attached hydrogens (tertiary/aromatic N) is 4. The van der Waals surface area contributed by atoms with Crippen LogP contribution in [0.5, 0.6) is 0 Å². The fraction of sp³-hybridized carbons (Fsp3) is 0.706. The SMILES string of the molecule is C[C@H]1C(SC2CN(C)C(=NS(C)(=O)=O)N(C)C2)=C(C(=O)O)N2C(=O)[C@@H](CCO)[C@@H]12. The Hall–Kier alpha value is -1.79. The van der Waals surface area contributed by atoms with E-state index in [4.69, 9.17) is 0 Å². The first-order valence-corrected chi connectivity index (χ1v) is 12.0. The Morgan fingerprint density at radius 3 is 2.34 bits per heavy atom. The highest BCUT2D eigenvalue weighted by Crippen LogP contribution is 2.51. The molecule has 0 aromatic heterocycles. The summed E-state index contributed by atoms with van der Waals surface area (Å²) < 4.78 is 26.8. The molecule has 3 rings (SSSR count). The van der Waals surface area contributed by atoms with Gasteiger partial charge in [0.2, 0.25) is 11.9 Å². The number of rotatable bonds is 6. The van der Waals surface area contributed by atoms with E-state index < -0.39 is 16.0 Å². The molecule has 3 aliphatic rings. The Bertz CT molecular complexity index is 872. The Kier molecular flexibility index (Phi) is 5.89. The standard InChI is InChI=1S/C17H26N4O6S2/c1-9-12-11(5-6-22)15(23)21(12)13(16(24)25)14(9)28-10-7-19(2)17(20(3)8-10)18-29(4,26)27/h9-12,22H,5-8H2,1-4H3,(H,24,25)/t9-,10?,11+,12-/m1/s1. The van der Waals surface area contributed by atoms with Crippen LogP contribution in [0.1, 0.15) is 13.3 Å². The van der Waals surface area contributed by atoms with E-state index in [0.717, 1.165) is 6.26 Å². The van der Waals surface area contributed by atoms with E-state index in [2.05, 4.69) is 4.40 Å². The van der Waals surface area contributed by atoms with Gasteiger partial charge in [0.05, 0.1) is 18.2 Å². The number of thioether (sulfide) groups is 1. The fourth-order valence-corrected chi connectivity index (χ4v) is 6.54. The summed E-state index contributed by atoms with van der Waals surface area (Å²) in [5, 5.41) is 18.9. The van der Waals surface area contributed by atoms with Crippen LogP contribution >= 0.6 is 11.8 Å². The van der Waals surface area contributed by atoms with Crippen LogP contribution in [-0.4, -0.2) is 103 Å². The molecule has 2 saturated heterocycles. The summed E-state index contributed by atoms with van der Waals surface area (Å²) in [5.74, 6) is -1.52. The van der Waals surface area contributed by atoms with Crippen molar-refractivity contribution in [2.24, 2.45) is 16.2 Å². The Morgan fingerprint density at radius 1 is 1.28 bits per heavy atom. The van der Waals surface area contributed by atoms with Crippen LogP contribution in [0.15, 0.2) is 15.0 Å². The molecule has 0 bridgehead atoms. The third kappa shape index (κ3) is 3.97. The smallest absolute Gasteiger partial charge is 0.353 e. The highest BCUT2D eigenvalue weighted by Gasteiger charge is 2.58. The molecule has 0 saturated carbocycles. The summed E-state index contributed by atoms with van der Waals surface area (Å²) in [6.07, 6.45) is 1.37. The maximum atomic E-state index is 12.4. The van der Waals surface area contributed by atoms with Crippen molar-refractivity contribution in [2.45, 2.75) is 24.6 Å². The van der Waals surface area contributed by atoms with Crippen molar-refractivity contribution in [2.75, 3.05) is 40.0 Å². The summed E-state index contributed by atoms with van der Waals surface area (Å²) in [7, 11) is -0.0524. The molecule has 0 aromatic carbocycles. The number of β-lactam (4-membered cyclic amide) rings is 1. The van der Waals surface area contributed by atoms with Crippen molar-refractivity contribution in [3.8, 4) is 0 Å². The number of aliphatic hydroxyl groups is 1. The number of carbonyl (C=O) groups is 2. The molecule has 2 fully saturated rings. The van der Waals surface area contributed by atoms with Gasteiger partial charge < -0.3 is 24.9 Å². The molecule has 1 amide bonds. The van der Waals surface area contributed by atoms with Gasteiger partial charge in [-0.1, -0.05) is 6.92 Å². The lowest BCUT2D eigenvalue weighted by Gasteiger charge is -2.45. The highest BCUT2D eigenvalue weighted by molar-refractivity contribution is 8.03. The molecule has 10 nitrogen and oxygen atoms in total. The molecule has 12 heteroatoms. The molecular formula is C17H26N4O6S2. The molecule has 29 heavy (non-hydrogen) atoms. The number of carboxylic acid groups (broad SMARTS) is 1. The second-order valence-corrected chi connectivity index (χ2v) is 10.7.